The molecule has 4 N–H and O–H groups in total. The maximum atomic E-state index is 14.5. The van der Waals surface area contributed by atoms with E-state index in [1.807, 2.05) is 20.8 Å². The molecule has 1 amide bonds. The third-order valence-corrected chi connectivity index (χ3v) is 13.9. The number of carbonyl (C=O) groups is 1. The molecule has 3 heterocycles. The Kier molecular flexibility index (Phi) is 7.40. The number of nitrogens with zero attached hydrogens (tertiary/aromatic N) is 2. The van der Waals surface area contributed by atoms with E-state index in [9.17, 15) is 33.9 Å². The third kappa shape index (κ3) is 4.01. The van der Waals surface area contributed by atoms with Gasteiger partial charge in [0.15, 0.2) is 11.8 Å². The van der Waals surface area contributed by atoms with Gasteiger partial charge in [0, 0.05) is 28.3 Å². The van der Waals surface area contributed by atoms with E-state index in [1.54, 1.807) is 33.8 Å². The standard InChI is InChI=1S/C28H38N2O7P2/c1-8-18-17(6)16(5)14-19-25(18)30(24(33)15-29-22(31)12-13-23(29)32)28(7,11-4)27-26(19)38(34,35)20(9-2)21(10-3)39(27,36)37/h12-14,31-32H,8-11,15H2,1-7H3,(H,34,35)(H,36,37). The summed E-state index contributed by atoms with van der Waals surface area (Å²) in [7, 11) is -8.66. The van der Waals surface area contributed by atoms with Crippen LogP contribution in [0.1, 0.15) is 76.1 Å². The summed E-state index contributed by atoms with van der Waals surface area (Å²) in [5, 5.41) is 20.6. The van der Waals surface area contributed by atoms with Gasteiger partial charge in [0.2, 0.25) is 5.91 Å². The second kappa shape index (κ2) is 9.81. The molecule has 2 aliphatic rings. The quantitative estimate of drug-likeness (QED) is 0.286. The Balaban J connectivity index is 2.18. The van der Waals surface area contributed by atoms with E-state index >= 15 is 0 Å². The molecule has 0 aliphatic carbocycles. The molecular weight excluding hydrogens is 538 g/mol. The molecule has 1 aromatic carbocycles. The molecule has 2 aromatic rings. The van der Waals surface area contributed by atoms with Gasteiger partial charge in [-0.05, 0) is 69.2 Å². The van der Waals surface area contributed by atoms with Crippen LogP contribution < -0.4 is 4.90 Å². The van der Waals surface area contributed by atoms with Gasteiger partial charge in [0.25, 0.3) is 14.7 Å². The molecule has 3 atom stereocenters. The number of aryl methyl sites for hydroxylation is 1. The predicted octanol–water partition coefficient (Wildman–Crippen LogP) is 6.55. The zero-order valence-electron chi connectivity index (χ0n) is 23.6. The second-order valence-electron chi connectivity index (χ2n) is 10.5. The molecule has 0 radical (unpaired) electrons. The maximum Gasteiger partial charge on any atom is 0.256 e. The van der Waals surface area contributed by atoms with Gasteiger partial charge in [0.1, 0.15) is 6.54 Å². The van der Waals surface area contributed by atoms with Gasteiger partial charge in [0.05, 0.1) is 21.9 Å². The Bertz CT molecular complexity index is 1530. The summed E-state index contributed by atoms with van der Waals surface area (Å²) in [4.78, 5) is 39.3. The molecule has 1 aromatic heterocycles. The number of amides is 1. The van der Waals surface area contributed by atoms with Crippen molar-refractivity contribution >= 4 is 31.6 Å². The van der Waals surface area contributed by atoms with E-state index in [0.717, 1.165) is 21.3 Å². The summed E-state index contributed by atoms with van der Waals surface area (Å²) >= 11 is 0. The summed E-state index contributed by atoms with van der Waals surface area (Å²) in [6, 6.07) is 4.28. The summed E-state index contributed by atoms with van der Waals surface area (Å²) in [6.45, 7) is 12.2. The van der Waals surface area contributed by atoms with E-state index in [4.69, 9.17) is 0 Å². The number of carbonyl (C=O) groups excluding carboxylic acids is 1. The molecule has 0 fully saturated rings. The van der Waals surface area contributed by atoms with E-state index in [2.05, 4.69) is 0 Å². The summed E-state index contributed by atoms with van der Waals surface area (Å²) in [5.41, 5.74) is 1.85. The highest BCUT2D eigenvalue weighted by atomic mass is 31.2. The molecule has 0 spiro atoms. The van der Waals surface area contributed by atoms with Crippen molar-refractivity contribution < 1.29 is 33.9 Å². The Morgan fingerprint density at radius 2 is 1.46 bits per heavy atom. The van der Waals surface area contributed by atoms with Crippen molar-refractivity contribution in [2.45, 2.75) is 86.2 Å². The van der Waals surface area contributed by atoms with Crippen molar-refractivity contribution in [3.63, 3.8) is 0 Å². The molecule has 0 saturated carbocycles. The van der Waals surface area contributed by atoms with E-state index in [-0.39, 0.29) is 52.3 Å². The van der Waals surface area contributed by atoms with Gasteiger partial charge in [-0.15, -0.1) is 0 Å². The maximum absolute atomic E-state index is 14.5. The first kappa shape index (κ1) is 29.4. The van der Waals surface area contributed by atoms with E-state index in [0.29, 0.717) is 17.7 Å². The largest absolute Gasteiger partial charge is 0.494 e. The van der Waals surface area contributed by atoms with Crippen LogP contribution in [0.2, 0.25) is 0 Å². The van der Waals surface area contributed by atoms with Crippen LogP contribution in [-0.2, 0) is 26.9 Å². The van der Waals surface area contributed by atoms with Gasteiger partial charge in [-0.25, -0.2) is 0 Å². The van der Waals surface area contributed by atoms with Crippen LogP contribution in [0.5, 0.6) is 11.8 Å². The minimum absolute atomic E-state index is 0.0322. The molecule has 212 valence electrons. The lowest BCUT2D eigenvalue weighted by Crippen LogP contribution is -2.55. The average Bonchev–Trinajstić information content (AvgIpc) is 3.18. The highest BCUT2D eigenvalue weighted by Gasteiger charge is 2.59. The van der Waals surface area contributed by atoms with Crippen molar-refractivity contribution in [3.8, 4) is 11.8 Å². The number of hydrogen-bond donors (Lipinski definition) is 4. The Morgan fingerprint density at radius 1 is 0.923 bits per heavy atom. The second-order valence-corrected chi connectivity index (χ2v) is 14.8. The van der Waals surface area contributed by atoms with Crippen molar-refractivity contribution in [3.05, 3.63) is 56.4 Å². The minimum atomic E-state index is -4.36. The van der Waals surface area contributed by atoms with Gasteiger partial charge < -0.3 is 20.0 Å². The highest BCUT2D eigenvalue weighted by molar-refractivity contribution is 7.79. The molecule has 2 aliphatic heterocycles. The van der Waals surface area contributed by atoms with Gasteiger partial charge >= 0.3 is 0 Å². The number of aromatic hydroxyl groups is 2. The summed E-state index contributed by atoms with van der Waals surface area (Å²) in [5.74, 6) is -1.15. The molecule has 39 heavy (non-hydrogen) atoms. The fourth-order valence-electron chi connectivity index (χ4n) is 6.35. The zero-order valence-corrected chi connectivity index (χ0v) is 25.4. The van der Waals surface area contributed by atoms with Crippen molar-refractivity contribution in [1.29, 1.82) is 0 Å². The first-order chi connectivity index (χ1) is 18.1. The fraction of sp³-hybridized carbons (Fsp3) is 0.464. The molecule has 9 nitrogen and oxygen atoms in total. The first-order valence-corrected chi connectivity index (χ1v) is 16.6. The smallest absolute Gasteiger partial charge is 0.256 e. The fourth-order valence-corrected chi connectivity index (χ4v) is 12.7. The SMILES string of the molecule is CCC1=C(CC)P(=O)(O)C2=C(c3cc(C)c(C)c(CC)c3N(C(=O)Cn3c(O)ccc3O)C2(C)CC)P1(=O)O. The van der Waals surface area contributed by atoms with Crippen LogP contribution in [0.3, 0.4) is 0 Å². The summed E-state index contributed by atoms with van der Waals surface area (Å²) < 4.78 is 30.0. The van der Waals surface area contributed by atoms with Crippen LogP contribution in [0.15, 0.2) is 34.1 Å². The number of allylic oxidation sites excluding steroid dienone is 2. The average molecular weight is 577 g/mol. The molecule has 0 bridgehead atoms. The summed E-state index contributed by atoms with van der Waals surface area (Å²) in [6.07, 6.45) is 0.957. The lowest BCUT2D eigenvalue weighted by atomic mass is 9.84. The molecule has 3 unspecified atom stereocenters. The molecule has 4 rings (SSSR count). The normalized spacial score (nSPS) is 26.6. The number of hydrogen-bond acceptors (Lipinski definition) is 5. The highest BCUT2D eigenvalue weighted by Crippen LogP contribution is 2.81. The van der Waals surface area contributed by atoms with E-state index < -0.39 is 32.7 Å². The van der Waals surface area contributed by atoms with Gasteiger partial charge in [-0.1, -0.05) is 27.7 Å². The number of aromatic nitrogens is 1. The van der Waals surface area contributed by atoms with Crippen LogP contribution >= 0.6 is 14.7 Å². The lowest BCUT2D eigenvalue weighted by Gasteiger charge is -2.51. The van der Waals surface area contributed by atoms with Crippen LogP contribution in [-0.4, -0.2) is 36.0 Å². The van der Waals surface area contributed by atoms with Crippen LogP contribution in [0, 0.1) is 13.8 Å². The number of benzene rings is 1. The van der Waals surface area contributed by atoms with Crippen LogP contribution in [0.25, 0.3) is 5.31 Å². The Labute approximate surface area is 229 Å². The number of anilines is 1. The van der Waals surface area contributed by atoms with Crippen molar-refractivity contribution in [2.75, 3.05) is 4.90 Å². The number of rotatable bonds is 6. The monoisotopic (exact) mass is 576 g/mol. The number of fused-ring (bicyclic) bond motifs is 2. The van der Waals surface area contributed by atoms with Crippen molar-refractivity contribution in [1.82, 2.24) is 4.57 Å². The van der Waals surface area contributed by atoms with Crippen molar-refractivity contribution in [2.24, 2.45) is 0 Å². The molecular formula is C28H38N2O7P2. The zero-order chi connectivity index (χ0) is 29.2. The Hall–Kier alpha value is -2.57. The molecule has 0 saturated heterocycles. The third-order valence-electron chi connectivity index (χ3n) is 8.51. The lowest BCUT2D eigenvalue weighted by molar-refractivity contribution is -0.120. The minimum Gasteiger partial charge on any atom is -0.494 e. The Morgan fingerprint density at radius 3 is 1.95 bits per heavy atom. The molecule has 11 heteroatoms. The topological polar surface area (TPSA) is 140 Å². The first-order valence-electron chi connectivity index (χ1n) is 13.3. The van der Waals surface area contributed by atoms with Gasteiger partial charge in [-0.3, -0.25) is 23.4 Å². The predicted molar refractivity (Wildman–Crippen MR) is 153 cm³/mol. The van der Waals surface area contributed by atoms with Gasteiger partial charge in [-0.2, -0.15) is 0 Å². The van der Waals surface area contributed by atoms with Crippen LogP contribution in [0.4, 0.5) is 5.69 Å². The van der Waals surface area contributed by atoms with E-state index in [1.165, 1.54) is 17.0 Å².